The number of hydrogen-bond acceptors (Lipinski definition) is 4. The summed E-state index contributed by atoms with van der Waals surface area (Å²) >= 11 is 1.06. The Morgan fingerprint density at radius 1 is 1.59 bits per heavy atom. The predicted octanol–water partition coefficient (Wildman–Crippen LogP) is 1.67. The van der Waals surface area contributed by atoms with Crippen molar-refractivity contribution < 1.29 is 18.3 Å². The molecule has 0 saturated heterocycles. The van der Waals surface area contributed by atoms with Gasteiger partial charge in [0.2, 0.25) is 0 Å². The van der Waals surface area contributed by atoms with Gasteiger partial charge in [0.25, 0.3) is 10.0 Å². The maximum Gasteiger partial charge on any atom is 0.321 e. The third kappa shape index (κ3) is 4.10. The molecule has 1 aromatic heterocycles. The smallest absolute Gasteiger partial charge is 0.321 e. The highest BCUT2D eigenvalue weighted by molar-refractivity contribution is 7.91. The number of thiophene rings is 1. The molecule has 17 heavy (non-hydrogen) atoms. The first-order valence-corrected chi connectivity index (χ1v) is 7.62. The fourth-order valence-electron chi connectivity index (χ4n) is 1.30. The highest BCUT2D eigenvalue weighted by Gasteiger charge is 2.25. The van der Waals surface area contributed by atoms with E-state index in [2.05, 4.69) is 4.72 Å². The van der Waals surface area contributed by atoms with Crippen molar-refractivity contribution in [3.63, 3.8) is 0 Å². The molecule has 0 aliphatic carbocycles. The second-order valence-electron chi connectivity index (χ2n) is 3.59. The van der Waals surface area contributed by atoms with Crippen LogP contribution in [0.25, 0.3) is 0 Å². The van der Waals surface area contributed by atoms with E-state index in [1.54, 1.807) is 11.4 Å². The Balaban J connectivity index is 2.76. The standard InChI is InChI=1S/C10H15NO4S2/c1-2-3-5-8(10(12)13)11-17(14,15)9-6-4-7-16-9/h4,6-8,11H,2-3,5H2,1H3,(H,12,13)/t8-/m0/s1. The molecule has 1 heterocycles. The lowest BCUT2D eigenvalue weighted by Gasteiger charge is -2.13. The number of sulfonamides is 1. The van der Waals surface area contributed by atoms with Crippen molar-refractivity contribution in [1.82, 2.24) is 4.72 Å². The van der Waals surface area contributed by atoms with Crippen molar-refractivity contribution in [2.75, 3.05) is 0 Å². The molecular weight excluding hydrogens is 262 g/mol. The predicted molar refractivity (Wildman–Crippen MR) is 65.6 cm³/mol. The second-order valence-corrected chi connectivity index (χ2v) is 6.47. The van der Waals surface area contributed by atoms with Crippen LogP contribution in [0, 0.1) is 0 Å². The van der Waals surface area contributed by atoms with E-state index >= 15 is 0 Å². The van der Waals surface area contributed by atoms with E-state index in [4.69, 9.17) is 5.11 Å². The third-order valence-corrected chi connectivity index (χ3v) is 5.07. The molecule has 0 saturated carbocycles. The van der Waals surface area contributed by atoms with E-state index in [1.165, 1.54) is 6.07 Å². The van der Waals surface area contributed by atoms with Gasteiger partial charge in [-0.1, -0.05) is 25.8 Å². The van der Waals surface area contributed by atoms with Crippen LogP contribution in [0.2, 0.25) is 0 Å². The maximum absolute atomic E-state index is 11.8. The normalized spacial score (nSPS) is 13.5. The topological polar surface area (TPSA) is 83.5 Å². The number of carbonyl (C=O) groups is 1. The van der Waals surface area contributed by atoms with Crippen molar-refractivity contribution >= 4 is 27.3 Å². The number of carboxylic acid groups (broad SMARTS) is 1. The van der Waals surface area contributed by atoms with Crippen LogP contribution in [-0.4, -0.2) is 25.5 Å². The van der Waals surface area contributed by atoms with Crippen LogP contribution < -0.4 is 4.72 Å². The molecule has 0 spiro atoms. The molecule has 0 amide bonds. The minimum absolute atomic E-state index is 0.139. The van der Waals surface area contributed by atoms with Gasteiger partial charge >= 0.3 is 5.97 Å². The molecule has 0 aromatic carbocycles. The van der Waals surface area contributed by atoms with E-state index in [-0.39, 0.29) is 4.21 Å². The van der Waals surface area contributed by atoms with Gasteiger partial charge in [-0.05, 0) is 17.9 Å². The van der Waals surface area contributed by atoms with Crippen molar-refractivity contribution in [3.8, 4) is 0 Å². The van der Waals surface area contributed by atoms with Crippen molar-refractivity contribution in [2.45, 2.75) is 36.4 Å². The van der Waals surface area contributed by atoms with Gasteiger partial charge in [-0.2, -0.15) is 4.72 Å². The summed E-state index contributed by atoms with van der Waals surface area (Å²) in [4.78, 5) is 10.9. The molecule has 0 fully saturated rings. The molecule has 0 aliphatic heterocycles. The van der Waals surface area contributed by atoms with Gasteiger partial charge in [-0.15, -0.1) is 11.3 Å². The fourth-order valence-corrected chi connectivity index (χ4v) is 3.54. The van der Waals surface area contributed by atoms with E-state index in [9.17, 15) is 13.2 Å². The summed E-state index contributed by atoms with van der Waals surface area (Å²) in [5.74, 6) is -1.14. The zero-order valence-corrected chi connectivity index (χ0v) is 11.1. The largest absolute Gasteiger partial charge is 0.480 e. The molecule has 96 valence electrons. The average Bonchev–Trinajstić information content (AvgIpc) is 2.77. The Hall–Kier alpha value is -0.920. The van der Waals surface area contributed by atoms with Gasteiger partial charge in [0, 0.05) is 0 Å². The van der Waals surface area contributed by atoms with E-state index in [0.29, 0.717) is 12.8 Å². The van der Waals surface area contributed by atoms with Crippen molar-refractivity contribution in [1.29, 1.82) is 0 Å². The van der Waals surface area contributed by atoms with E-state index in [0.717, 1.165) is 17.8 Å². The first kappa shape index (κ1) is 14.1. The number of rotatable bonds is 7. The van der Waals surface area contributed by atoms with Gasteiger partial charge < -0.3 is 5.11 Å². The Morgan fingerprint density at radius 2 is 2.29 bits per heavy atom. The highest BCUT2D eigenvalue weighted by Crippen LogP contribution is 2.16. The highest BCUT2D eigenvalue weighted by atomic mass is 32.2. The van der Waals surface area contributed by atoms with Crippen molar-refractivity contribution in [2.24, 2.45) is 0 Å². The molecule has 1 rings (SSSR count). The Bertz CT molecular complexity index is 453. The van der Waals surface area contributed by atoms with E-state index in [1.807, 2.05) is 6.92 Å². The first-order chi connectivity index (χ1) is 7.97. The Labute approximate surface area is 105 Å². The zero-order chi connectivity index (χ0) is 12.9. The van der Waals surface area contributed by atoms with Gasteiger partial charge in [0.1, 0.15) is 10.3 Å². The molecule has 1 atom stereocenters. The van der Waals surface area contributed by atoms with Crippen LogP contribution in [0.5, 0.6) is 0 Å². The van der Waals surface area contributed by atoms with Gasteiger partial charge in [0.05, 0.1) is 0 Å². The third-order valence-electron chi connectivity index (χ3n) is 2.20. The average molecular weight is 277 g/mol. The number of unbranched alkanes of at least 4 members (excludes halogenated alkanes) is 1. The minimum Gasteiger partial charge on any atom is -0.480 e. The molecule has 2 N–H and O–H groups in total. The summed E-state index contributed by atoms with van der Waals surface area (Å²) < 4.78 is 26.0. The van der Waals surface area contributed by atoms with Gasteiger partial charge in [0.15, 0.2) is 0 Å². The summed E-state index contributed by atoms with van der Waals surface area (Å²) in [5.41, 5.74) is 0. The van der Waals surface area contributed by atoms with Gasteiger partial charge in [-0.3, -0.25) is 4.79 Å². The number of hydrogen-bond donors (Lipinski definition) is 2. The Morgan fingerprint density at radius 3 is 2.76 bits per heavy atom. The maximum atomic E-state index is 11.8. The molecule has 7 heteroatoms. The van der Waals surface area contributed by atoms with Crippen LogP contribution in [0.15, 0.2) is 21.7 Å². The monoisotopic (exact) mass is 277 g/mol. The van der Waals surface area contributed by atoms with Crippen LogP contribution in [-0.2, 0) is 14.8 Å². The van der Waals surface area contributed by atoms with Gasteiger partial charge in [-0.25, -0.2) is 8.42 Å². The Kier molecular flexibility index (Phi) is 5.10. The number of carboxylic acids is 1. The van der Waals surface area contributed by atoms with Crippen LogP contribution in [0.3, 0.4) is 0 Å². The molecule has 0 aliphatic rings. The number of nitrogens with one attached hydrogen (secondary N) is 1. The quantitative estimate of drug-likeness (QED) is 0.794. The second kappa shape index (κ2) is 6.13. The first-order valence-electron chi connectivity index (χ1n) is 5.26. The number of aliphatic carboxylic acids is 1. The molecule has 5 nitrogen and oxygen atoms in total. The summed E-state index contributed by atoms with van der Waals surface area (Å²) in [6.45, 7) is 1.92. The fraction of sp³-hybridized carbons (Fsp3) is 0.500. The van der Waals surface area contributed by atoms with E-state index < -0.39 is 22.0 Å². The molecular formula is C10H15NO4S2. The van der Waals surface area contributed by atoms with Crippen LogP contribution in [0.1, 0.15) is 26.2 Å². The molecule has 1 aromatic rings. The van der Waals surface area contributed by atoms with Crippen LogP contribution >= 0.6 is 11.3 Å². The zero-order valence-electron chi connectivity index (χ0n) is 9.42. The minimum atomic E-state index is -3.70. The molecule has 0 radical (unpaired) electrons. The summed E-state index contributed by atoms with van der Waals surface area (Å²) in [7, 11) is -3.70. The SMILES string of the molecule is CCCC[C@H](NS(=O)(=O)c1cccs1)C(=O)O. The molecule has 0 unspecified atom stereocenters. The van der Waals surface area contributed by atoms with Crippen LogP contribution in [0.4, 0.5) is 0 Å². The lowest BCUT2D eigenvalue weighted by molar-refractivity contribution is -0.139. The summed E-state index contributed by atoms with van der Waals surface area (Å²) in [6.07, 6.45) is 1.80. The summed E-state index contributed by atoms with van der Waals surface area (Å²) in [5, 5.41) is 10.6. The lowest BCUT2D eigenvalue weighted by atomic mass is 10.1. The molecule has 0 bridgehead atoms. The van der Waals surface area contributed by atoms with Crippen molar-refractivity contribution in [3.05, 3.63) is 17.5 Å². The summed E-state index contributed by atoms with van der Waals surface area (Å²) in [6, 6.07) is 2.01. The lowest BCUT2D eigenvalue weighted by Crippen LogP contribution is -2.40.